The highest BCUT2D eigenvalue weighted by atomic mass is 32.2. The predicted octanol–water partition coefficient (Wildman–Crippen LogP) is 0.910. The van der Waals surface area contributed by atoms with Crippen molar-refractivity contribution in [2.45, 2.75) is 17.4 Å². The number of carbonyl (C=O) groups is 2. The fourth-order valence-electron chi connectivity index (χ4n) is 2.84. The summed E-state index contributed by atoms with van der Waals surface area (Å²) in [6.45, 7) is 0.265. The van der Waals surface area contributed by atoms with Crippen LogP contribution in [0.15, 0.2) is 59.5 Å². The molecule has 0 unspecified atom stereocenters. The zero-order chi connectivity index (χ0) is 19.4. The van der Waals surface area contributed by atoms with E-state index in [1.54, 1.807) is 18.2 Å². The van der Waals surface area contributed by atoms with Crippen molar-refractivity contribution < 1.29 is 23.1 Å². The lowest BCUT2D eigenvalue weighted by Crippen LogP contribution is -2.57. The number of hydrogen-bond acceptors (Lipinski definition) is 5. The molecule has 0 bridgehead atoms. The smallest absolute Gasteiger partial charge is 0.243 e. The number of sulfonamides is 1. The first-order valence-corrected chi connectivity index (χ1v) is 9.75. The third-order valence-electron chi connectivity index (χ3n) is 4.16. The van der Waals surface area contributed by atoms with Crippen molar-refractivity contribution in [3.05, 3.63) is 54.6 Å². The number of aromatic hydroxyl groups is 1. The number of nitrogens with zero attached hydrogens (tertiary/aromatic N) is 1. The minimum Gasteiger partial charge on any atom is -0.508 e. The second-order valence-corrected chi connectivity index (χ2v) is 7.93. The zero-order valence-corrected chi connectivity index (χ0v) is 15.1. The first-order valence-electron chi connectivity index (χ1n) is 8.31. The average Bonchev–Trinajstić information content (AvgIpc) is 2.66. The molecule has 0 saturated carbocycles. The molecule has 1 atom stereocenters. The molecule has 3 N–H and O–H groups in total. The van der Waals surface area contributed by atoms with Crippen LogP contribution >= 0.6 is 0 Å². The summed E-state index contributed by atoms with van der Waals surface area (Å²) in [6.07, 6.45) is -0.321. The summed E-state index contributed by atoms with van der Waals surface area (Å²) in [7, 11) is -3.91. The van der Waals surface area contributed by atoms with Crippen LogP contribution in [0.25, 0.3) is 0 Å². The summed E-state index contributed by atoms with van der Waals surface area (Å²) in [5.41, 5.74) is 0.437. The van der Waals surface area contributed by atoms with Crippen LogP contribution in [-0.4, -0.2) is 48.8 Å². The van der Waals surface area contributed by atoms with Gasteiger partial charge in [0.15, 0.2) is 0 Å². The Morgan fingerprint density at radius 2 is 1.81 bits per heavy atom. The lowest BCUT2D eigenvalue weighted by Gasteiger charge is -2.33. The molecule has 8 nitrogen and oxygen atoms in total. The van der Waals surface area contributed by atoms with Gasteiger partial charge in [-0.3, -0.25) is 9.59 Å². The van der Waals surface area contributed by atoms with Crippen molar-refractivity contribution in [3.63, 3.8) is 0 Å². The number of benzene rings is 2. The molecule has 0 radical (unpaired) electrons. The third-order valence-corrected chi connectivity index (χ3v) is 6.08. The van der Waals surface area contributed by atoms with Crippen molar-refractivity contribution in [1.29, 1.82) is 0 Å². The van der Waals surface area contributed by atoms with Gasteiger partial charge in [-0.25, -0.2) is 8.42 Å². The molecule has 1 saturated heterocycles. The maximum atomic E-state index is 12.9. The lowest BCUT2D eigenvalue weighted by atomic mass is 10.1. The fourth-order valence-corrected chi connectivity index (χ4v) is 4.44. The van der Waals surface area contributed by atoms with Gasteiger partial charge < -0.3 is 15.7 Å². The maximum absolute atomic E-state index is 12.9. The van der Waals surface area contributed by atoms with E-state index in [4.69, 9.17) is 0 Å². The number of rotatable bonds is 5. The van der Waals surface area contributed by atoms with Crippen LogP contribution in [0.2, 0.25) is 0 Å². The third kappa shape index (κ3) is 4.26. The van der Waals surface area contributed by atoms with Crippen molar-refractivity contribution in [3.8, 4) is 5.75 Å². The summed E-state index contributed by atoms with van der Waals surface area (Å²) in [4.78, 5) is 24.7. The number of nitrogens with one attached hydrogen (secondary N) is 2. The van der Waals surface area contributed by atoms with Crippen molar-refractivity contribution in [1.82, 2.24) is 9.62 Å². The van der Waals surface area contributed by atoms with Gasteiger partial charge in [0.25, 0.3) is 0 Å². The van der Waals surface area contributed by atoms with Crippen LogP contribution in [0.5, 0.6) is 5.75 Å². The monoisotopic (exact) mass is 389 g/mol. The molecule has 0 aromatic heterocycles. The highest BCUT2D eigenvalue weighted by Gasteiger charge is 2.39. The van der Waals surface area contributed by atoms with E-state index in [0.717, 1.165) is 4.31 Å². The number of phenols is 1. The highest BCUT2D eigenvalue weighted by Crippen LogP contribution is 2.22. The van der Waals surface area contributed by atoms with Gasteiger partial charge in [0, 0.05) is 18.8 Å². The van der Waals surface area contributed by atoms with Crippen molar-refractivity contribution >= 4 is 27.5 Å². The summed E-state index contributed by atoms with van der Waals surface area (Å²) in [6, 6.07) is 12.5. The number of amides is 2. The van der Waals surface area contributed by atoms with Gasteiger partial charge in [-0.1, -0.05) is 18.2 Å². The zero-order valence-electron chi connectivity index (χ0n) is 14.3. The number of hydrogen-bond donors (Lipinski definition) is 3. The van der Waals surface area contributed by atoms with Gasteiger partial charge in [-0.2, -0.15) is 4.31 Å². The molecule has 2 amide bonds. The summed E-state index contributed by atoms with van der Waals surface area (Å²) in [5.74, 6) is -0.961. The van der Waals surface area contributed by atoms with Crippen LogP contribution in [0.3, 0.4) is 0 Å². The fraction of sp³-hybridized carbons (Fsp3) is 0.222. The molecule has 0 spiro atoms. The molecular weight excluding hydrogens is 370 g/mol. The first-order chi connectivity index (χ1) is 12.9. The van der Waals surface area contributed by atoms with Gasteiger partial charge in [0.05, 0.1) is 11.3 Å². The van der Waals surface area contributed by atoms with Gasteiger partial charge in [-0.15, -0.1) is 0 Å². The topological polar surface area (TPSA) is 116 Å². The molecule has 142 valence electrons. The van der Waals surface area contributed by atoms with E-state index in [2.05, 4.69) is 10.6 Å². The first kappa shape index (κ1) is 18.9. The Kier molecular flexibility index (Phi) is 5.43. The molecule has 1 aliphatic heterocycles. The van der Waals surface area contributed by atoms with E-state index in [9.17, 15) is 23.1 Å². The second-order valence-electron chi connectivity index (χ2n) is 6.03. The molecule has 9 heteroatoms. The van der Waals surface area contributed by atoms with Crippen LogP contribution in [0, 0.1) is 0 Å². The van der Waals surface area contributed by atoms with Crippen LogP contribution in [-0.2, 0) is 19.6 Å². The SMILES string of the molecule is O=C(C[C@H]1C(=O)NCCN1S(=O)(=O)c1ccccc1)Nc1ccc(O)cc1. The normalized spacial score (nSPS) is 17.9. The Hall–Kier alpha value is -2.91. The van der Waals surface area contributed by atoms with Crippen molar-refractivity contribution in [2.75, 3.05) is 18.4 Å². The quantitative estimate of drug-likeness (QED) is 0.658. The standard InChI is InChI=1S/C18H19N3O5S/c22-14-8-6-13(7-9-14)20-17(23)12-16-18(24)19-10-11-21(16)27(25,26)15-4-2-1-3-5-15/h1-9,16,22H,10-12H2,(H,19,24)(H,20,23)/t16-/m0/s1. The molecule has 1 fully saturated rings. The van der Waals surface area contributed by atoms with E-state index in [-0.39, 0.29) is 30.2 Å². The Morgan fingerprint density at radius 3 is 2.48 bits per heavy atom. The molecule has 2 aromatic rings. The lowest BCUT2D eigenvalue weighted by molar-refractivity contribution is -0.130. The Labute approximate surface area is 156 Å². The van der Waals surface area contributed by atoms with E-state index in [1.165, 1.54) is 36.4 Å². The molecular formula is C18H19N3O5S. The van der Waals surface area contributed by atoms with Gasteiger partial charge in [-0.05, 0) is 36.4 Å². The van der Waals surface area contributed by atoms with E-state index >= 15 is 0 Å². The predicted molar refractivity (Wildman–Crippen MR) is 98.5 cm³/mol. The average molecular weight is 389 g/mol. The van der Waals surface area contributed by atoms with E-state index in [0.29, 0.717) is 5.69 Å². The van der Waals surface area contributed by atoms with E-state index in [1.807, 2.05) is 0 Å². The summed E-state index contributed by atoms with van der Waals surface area (Å²) < 4.78 is 26.9. The van der Waals surface area contributed by atoms with Crippen LogP contribution in [0.4, 0.5) is 5.69 Å². The van der Waals surface area contributed by atoms with Crippen molar-refractivity contribution in [2.24, 2.45) is 0 Å². The van der Waals surface area contributed by atoms with Gasteiger partial charge >= 0.3 is 0 Å². The number of piperazine rings is 1. The van der Waals surface area contributed by atoms with Gasteiger partial charge in [0.2, 0.25) is 21.8 Å². The summed E-state index contributed by atoms with van der Waals surface area (Å²) >= 11 is 0. The number of carbonyl (C=O) groups excluding carboxylic acids is 2. The minimum atomic E-state index is -3.91. The van der Waals surface area contributed by atoms with E-state index < -0.39 is 27.9 Å². The Balaban J connectivity index is 1.79. The molecule has 0 aliphatic carbocycles. The summed E-state index contributed by atoms with van der Waals surface area (Å²) in [5, 5.41) is 14.5. The van der Waals surface area contributed by atoms with Gasteiger partial charge in [0.1, 0.15) is 11.8 Å². The number of phenolic OH excluding ortho intramolecular Hbond substituents is 1. The maximum Gasteiger partial charge on any atom is 0.243 e. The highest BCUT2D eigenvalue weighted by molar-refractivity contribution is 7.89. The number of anilines is 1. The Morgan fingerprint density at radius 1 is 1.15 bits per heavy atom. The Bertz CT molecular complexity index is 929. The molecule has 1 aliphatic rings. The second kappa shape index (κ2) is 7.77. The molecule has 1 heterocycles. The largest absolute Gasteiger partial charge is 0.508 e. The van der Waals surface area contributed by atoms with Crippen LogP contribution in [0.1, 0.15) is 6.42 Å². The minimum absolute atomic E-state index is 0.0554. The van der Waals surface area contributed by atoms with Crippen LogP contribution < -0.4 is 10.6 Å². The molecule has 3 rings (SSSR count). The molecule has 2 aromatic carbocycles. The molecule has 27 heavy (non-hydrogen) atoms.